The molecule has 13 heavy (non-hydrogen) atoms. The van der Waals surface area contributed by atoms with Crippen molar-refractivity contribution in [2.24, 2.45) is 11.8 Å². The first-order chi connectivity index (χ1) is 6.36. The standard InChI is InChI=1S/C12H22O/c13-12-8-4-7-10-5-2-1-3-6-11(10)9-12/h10-13H,1-9H2. The summed E-state index contributed by atoms with van der Waals surface area (Å²) in [6.07, 6.45) is 12.0. The molecule has 1 N–H and O–H groups in total. The summed E-state index contributed by atoms with van der Waals surface area (Å²) in [4.78, 5) is 0. The summed E-state index contributed by atoms with van der Waals surface area (Å²) in [6, 6.07) is 0. The van der Waals surface area contributed by atoms with Crippen molar-refractivity contribution < 1.29 is 5.11 Å². The predicted molar refractivity (Wildman–Crippen MR) is 54.5 cm³/mol. The van der Waals surface area contributed by atoms with Gasteiger partial charge in [0.1, 0.15) is 0 Å². The normalized spacial score (nSPS) is 41.8. The Labute approximate surface area is 81.5 Å². The molecule has 0 radical (unpaired) electrons. The van der Waals surface area contributed by atoms with E-state index in [1.54, 1.807) is 0 Å². The molecule has 0 bridgehead atoms. The van der Waals surface area contributed by atoms with Gasteiger partial charge < -0.3 is 5.11 Å². The van der Waals surface area contributed by atoms with Crippen molar-refractivity contribution in [1.82, 2.24) is 0 Å². The lowest BCUT2D eigenvalue weighted by atomic mass is 9.84. The van der Waals surface area contributed by atoms with E-state index in [2.05, 4.69) is 0 Å². The minimum Gasteiger partial charge on any atom is -0.393 e. The van der Waals surface area contributed by atoms with Crippen molar-refractivity contribution in [3.05, 3.63) is 0 Å². The second kappa shape index (κ2) is 4.45. The maximum absolute atomic E-state index is 9.72. The molecule has 76 valence electrons. The van der Waals surface area contributed by atoms with E-state index in [9.17, 15) is 5.11 Å². The molecule has 0 aromatic carbocycles. The lowest BCUT2D eigenvalue weighted by Gasteiger charge is -2.22. The lowest BCUT2D eigenvalue weighted by Crippen LogP contribution is -2.16. The van der Waals surface area contributed by atoms with Gasteiger partial charge in [0.2, 0.25) is 0 Å². The summed E-state index contributed by atoms with van der Waals surface area (Å²) in [5.74, 6) is 1.82. The molecule has 0 aliphatic heterocycles. The maximum Gasteiger partial charge on any atom is 0.0543 e. The van der Waals surface area contributed by atoms with Gasteiger partial charge in [0.25, 0.3) is 0 Å². The van der Waals surface area contributed by atoms with Crippen LogP contribution in [-0.2, 0) is 0 Å². The Morgan fingerprint density at radius 2 is 1.38 bits per heavy atom. The van der Waals surface area contributed by atoms with Crippen LogP contribution in [0.2, 0.25) is 0 Å². The molecule has 2 saturated carbocycles. The van der Waals surface area contributed by atoms with Crippen molar-refractivity contribution >= 4 is 0 Å². The molecule has 0 heterocycles. The van der Waals surface area contributed by atoms with Gasteiger partial charge in [0.15, 0.2) is 0 Å². The molecule has 0 saturated heterocycles. The zero-order chi connectivity index (χ0) is 9.10. The van der Waals surface area contributed by atoms with E-state index in [0.717, 1.165) is 24.7 Å². The number of hydrogen-bond donors (Lipinski definition) is 1. The SMILES string of the molecule is OC1CCCC2CCCCCC2C1. The van der Waals surface area contributed by atoms with E-state index in [1.165, 1.54) is 44.9 Å². The first kappa shape index (κ1) is 9.51. The molecule has 3 unspecified atom stereocenters. The van der Waals surface area contributed by atoms with Crippen LogP contribution in [0.1, 0.15) is 57.8 Å². The topological polar surface area (TPSA) is 20.2 Å². The Morgan fingerprint density at radius 3 is 2.23 bits per heavy atom. The Morgan fingerprint density at radius 1 is 0.692 bits per heavy atom. The van der Waals surface area contributed by atoms with Crippen molar-refractivity contribution in [2.45, 2.75) is 63.9 Å². The van der Waals surface area contributed by atoms with Crippen molar-refractivity contribution in [3.8, 4) is 0 Å². The first-order valence-electron chi connectivity index (χ1n) is 6.04. The fraction of sp³-hybridized carbons (Fsp3) is 1.00. The summed E-state index contributed by atoms with van der Waals surface area (Å²) < 4.78 is 0. The van der Waals surface area contributed by atoms with Crippen molar-refractivity contribution in [3.63, 3.8) is 0 Å². The summed E-state index contributed by atoms with van der Waals surface area (Å²) >= 11 is 0. The number of rotatable bonds is 0. The van der Waals surface area contributed by atoms with Crippen LogP contribution in [0.3, 0.4) is 0 Å². The van der Waals surface area contributed by atoms with Gasteiger partial charge in [-0.2, -0.15) is 0 Å². The largest absolute Gasteiger partial charge is 0.393 e. The van der Waals surface area contributed by atoms with Crippen LogP contribution in [0, 0.1) is 11.8 Å². The van der Waals surface area contributed by atoms with Gasteiger partial charge in [0, 0.05) is 0 Å². The van der Waals surface area contributed by atoms with E-state index in [0.29, 0.717) is 0 Å². The molecular formula is C12H22O. The minimum absolute atomic E-state index is 0.0214. The molecule has 2 aliphatic rings. The zero-order valence-corrected chi connectivity index (χ0v) is 8.54. The van der Waals surface area contributed by atoms with Crippen LogP contribution in [0.25, 0.3) is 0 Å². The number of hydrogen-bond acceptors (Lipinski definition) is 1. The summed E-state index contributed by atoms with van der Waals surface area (Å²) in [5, 5.41) is 9.72. The summed E-state index contributed by atoms with van der Waals surface area (Å²) in [7, 11) is 0. The average molecular weight is 182 g/mol. The van der Waals surface area contributed by atoms with Crippen molar-refractivity contribution in [2.75, 3.05) is 0 Å². The van der Waals surface area contributed by atoms with Crippen LogP contribution in [0.4, 0.5) is 0 Å². The Kier molecular flexibility index (Phi) is 3.26. The van der Waals surface area contributed by atoms with Gasteiger partial charge in [-0.3, -0.25) is 0 Å². The molecule has 0 aromatic heterocycles. The Balaban J connectivity index is 1.98. The third-order valence-corrected chi connectivity index (χ3v) is 4.00. The minimum atomic E-state index is 0.0214. The second-order valence-corrected chi connectivity index (χ2v) is 4.98. The van der Waals surface area contributed by atoms with E-state index in [1.807, 2.05) is 0 Å². The molecule has 2 fully saturated rings. The number of aliphatic hydroxyl groups excluding tert-OH is 1. The van der Waals surface area contributed by atoms with Crippen LogP contribution >= 0.6 is 0 Å². The molecule has 2 rings (SSSR count). The lowest BCUT2D eigenvalue weighted by molar-refractivity contribution is 0.131. The zero-order valence-electron chi connectivity index (χ0n) is 8.54. The Hall–Kier alpha value is -0.0400. The van der Waals surface area contributed by atoms with Gasteiger partial charge in [-0.05, 0) is 24.7 Å². The highest BCUT2D eigenvalue weighted by atomic mass is 16.3. The number of fused-ring (bicyclic) bond motifs is 1. The van der Waals surface area contributed by atoms with Gasteiger partial charge >= 0.3 is 0 Å². The van der Waals surface area contributed by atoms with Crippen LogP contribution in [0.5, 0.6) is 0 Å². The quantitative estimate of drug-likeness (QED) is 0.610. The molecule has 0 spiro atoms. The van der Waals surface area contributed by atoms with E-state index in [4.69, 9.17) is 0 Å². The molecule has 0 amide bonds. The van der Waals surface area contributed by atoms with Crippen LogP contribution in [0.15, 0.2) is 0 Å². The van der Waals surface area contributed by atoms with Gasteiger partial charge in [-0.25, -0.2) is 0 Å². The first-order valence-corrected chi connectivity index (χ1v) is 6.04. The fourth-order valence-corrected chi connectivity index (χ4v) is 3.23. The highest BCUT2D eigenvalue weighted by molar-refractivity contribution is 4.79. The molecule has 1 nitrogen and oxygen atoms in total. The second-order valence-electron chi connectivity index (χ2n) is 4.98. The molecule has 3 atom stereocenters. The predicted octanol–water partition coefficient (Wildman–Crippen LogP) is 3.12. The highest BCUT2D eigenvalue weighted by Crippen LogP contribution is 2.38. The van der Waals surface area contributed by atoms with Crippen LogP contribution in [-0.4, -0.2) is 11.2 Å². The van der Waals surface area contributed by atoms with E-state index < -0.39 is 0 Å². The smallest absolute Gasteiger partial charge is 0.0543 e. The molecule has 2 aliphatic carbocycles. The molecule has 0 aromatic rings. The summed E-state index contributed by atoms with van der Waals surface area (Å²) in [5.41, 5.74) is 0. The van der Waals surface area contributed by atoms with E-state index in [-0.39, 0.29) is 6.10 Å². The van der Waals surface area contributed by atoms with Gasteiger partial charge in [-0.15, -0.1) is 0 Å². The number of aliphatic hydroxyl groups is 1. The molecular weight excluding hydrogens is 160 g/mol. The highest BCUT2D eigenvalue weighted by Gasteiger charge is 2.28. The van der Waals surface area contributed by atoms with Crippen LogP contribution < -0.4 is 0 Å². The third-order valence-electron chi connectivity index (χ3n) is 4.00. The van der Waals surface area contributed by atoms with E-state index >= 15 is 0 Å². The third kappa shape index (κ3) is 2.46. The monoisotopic (exact) mass is 182 g/mol. The molecule has 1 heteroatoms. The summed E-state index contributed by atoms with van der Waals surface area (Å²) in [6.45, 7) is 0. The maximum atomic E-state index is 9.72. The van der Waals surface area contributed by atoms with Gasteiger partial charge in [-0.1, -0.05) is 44.9 Å². The van der Waals surface area contributed by atoms with Gasteiger partial charge in [0.05, 0.1) is 6.10 Å². The Bertz CT molecular complexity index is 155. The average Bonchev–Trinajstić information content (AvgIpc) is 2.38. The van der Waals surface area contributed by atoms with Crippen molar-refractivity contribution in [1.29, 1.82) is 0 Å². The fourth-order valence-electron chi connectivity index (χ4n) is 3.23.